The monoisotopic (exact) mass is 506 g/mol. The molecule has 180 valence electrons. The molecule has 0 fully saturated rings. The van der Waals surface area contributed by atoms with E-state index in [4.69, 9.17) is 9.97 Å². The van der Waals surface area contributed by atoms with Gasteiger partial charge in [-0.05, 0) is 48.5 Å². The normalized spacial score (nSPS) is 11.3. The molecule has 38 heavy (non-hydrogen) atoms. The molecule has 4 aromatic carbocycles. The molecule has 5 heteroatoms. The number of hydrogen-bond donors (Lipinski definition) is 0. The van der Waals surface area contributed by atoms with Crippen LogP contribution in [0.1, 0.15) is 0 Å². The van der Waals surface area contributed by atoms with Crippen LogP contribution in [0.15, 0.2) is 144 Å². The lowest BCUT2D eigenvalue weighted by molar-refractivity contribution is 1.06. The van der Waals surface area contributed by atoms with E-state index in [0.29, 0.717) is 5.82 Å². The molecule has 0 saturated heterocycles. The highest BCUT2D eigenvalue weighted by atomic mass is 32.2. The van der Waals surface area contributed by atoms with Gasteiger partial charge in [0.2, 0.25) is 0 Å². The highest BCUT2D eigenvalue weighted by Crippen LogP contribution is 2.35. The predicted octanol–water partition coefficient (Wildman–Crippen LogP) is 8.45. The van der Waals surface area contributed by atoms with Crippen molar-refractivity contribution in [3.8, 4) is 28.3 Å². The van der Waals surface area contributed by atoms with Crippen LogP contribution < -0.4 is 0 Å². The topological polar surface area (TPSA) is 43.6 Å². The summed E-state index contributed by atoms with van der Waals surface area (Å²) in [5.41, 5.74) is 6.32. The molecular formula is C33H22N4S. The molecule has 7 aromatic rings. The fourth-order valence-electron chi connectivity index (χ4n) is 4.86. The zero-order valence-electron chi connectivity index (χ0n) is 20.4. The maximum atomic E-state index is 4.94. The Morgan fingerprint density at radius 3 is 2.03 bits per heavy atom. The zero-order chi connectivity index (χ0) is 25.3. The van der Waals surface area contributed by atoms with Crippen molar-refractivity contribution < 1.29 is 0 Å². The van der Waals surface area contributed by atoms with Gasteiger partial charge in [0.15, 0.2) is 5.82 Å². The number of rotatable bonds is 5. The van der Waals surface area contributed by atoms with Crippen LogP contribution >= 0.6 is 11.8 Å². The van der Waals surface area contributed by atoms with E-state index in [1.165, 1.54) is 21.8 Å². The molecule has 0 radical (unpaired) electrons. The Kier molecular flexibility index (Phi) is 5.68. The number of aromatic nitrogens is 4. The van der Waals surface area contributed by atoms with E-state index >= 15 is 0 Å². The first-order valence-electron chi connectivity index (χ1n) is 12.4. The van der Waals surface area contributed by atoms with Gasteiger partial charge in [-0.1, -0.05) is 84.6 Å². The lowest BCUT2D eigenvalue weighted by atomic mass is 10.2. The smallest absolute Gasteiger partial charge is 0.161 e. The second-order valence-corrected chi connectivity index (χ2v) is 10.1. The average Bonchev–Trinajstić information content (AvgIpc) is 3.33. The highest BCUT2D eigenvalue weighted by Gasteiger charge is 2.13. The summed E-state index contributed by atoms with van der Waals surface area (Å²) in [5, 5.41) is 3.40. The molecule has 0 bridgehead atoms. The van der Waals surface area contributed by atoms with Gasteiger partial charge in [0.05, 0.1) is 16.7 Å². The Bertz CT molecular complexity index is 1780. The van der Waals surface area contributed by atoms with E-state index < -0.39 is 0 Å². The third-order valence-corrected chi connectivity index (χ3v) is 7.48. The summed E-state index contributed by atoms with van der Waals surface area (Å²) in [6, 6.07) is 41.9. The van der Waals surface area contributed by atoms with E-state index in [9.17, 15) is 0 Å². The number of hydrogen-bond acceptors (Lipinski definition) is 4. The molecule has 0 aliphatic rings. The SMILES string of the molecule is c1ccc(-c2nc(Sc3cccc(-n4c5ccccc5c5ccccc54)c3)cc(-c3cccnc3)n2)cc1. The zero-order valence-corrected chi connectivity index (χ0v) is 21.2. The van der Waals surface area contributed by atoms with Gasteiger partial charge >= 0.3 is 0 Å². The van der Waals surface area contributed by atoms with Crippen molar-refractivity contribution in [2.45, 2.75) is 9.92 Å². The summed E-state index contributed by atoms with van der Waals surface area (Å²) < 4.78 is 2.34. The van der Waals surface area contributed by atoms with Crippen molar-refractivity contribution in [1.82, 2.24) is 19.5 Å². The molecule has 3 heterocycles. The number of para-hydroxylation sites is 2. The van der Waals surface area contributed by atoms with E-state index in [1.807, 2.05) is 54.7 Å². The number of pyridine rings is 1. The van der Waals surface area contributed by atoms with Gasteiger partial charge in [-0.15, -0.1) is 0 Å². The minimum absolute atomic E-state index is 0.702. The molecule has 3 aromatic heterocycles. The van der Waals surface area contributed by atoms with Crippen molar-refractivity contribution >= 4 is 33.6 Å². The van der Waals surface area contributed by atoms with Crippen molar-refractivity contribution in [3.63, 3.8) is 0 Å². The number of nitrogens with zero attached hydrogens (tertiary/aromatic N) is 4. The van der Waals surface area contributed by atoms with Gasteiger partial charge < -0.3 is 4.57 Å². The maximum Gasteiger partial charge on any atom is 0.161 e. The van der Waals surface area contributed by atoms with Gasteiger partial charge in [-0.2, -0.15) is 0 Å². The van der Waals surface area contributed by atoms with Crippen LogP contribution in [0.2, 0.25) is 0 Å². The molecule has 0 unspecified atom stereocenters. The molecular weight excluding hydrogens is 484 g/mol. The summed E-state index contributed by atoms with van der Waals surface area (Å²) in [4.78, 5) is 15.2. The second-order valence-electron chi connectivity index (χ2n) is 8.99. The van der Waals surface area contributed by atoms with Crippen molar-refractivity contribution in [2.24, 2.45) is 0 Å². The largest absolute Gasteiger partial charge is 0.309 e. The Balaban J connectivity index is 1.33. The van der Waals surface area contributed by atoms with Gasteiger partial charge in [0.1, 0.15) is 5.03 Å². The van der Waals surface area contributed by atoms with E-state index in [1.54, 1.807) is 18.0 Å². The molecule has 0 spiro atoms. The summed E-state index contributed by atoms with van der Waals surface area (Å²) >= 11 is 1.64. The van der Waals surface area contributed by atoms with Gasteiger partial charge in [0.25, 0.3) is 0 Å². The van der Waals surface area contributed by atoms with Crippen LogP contribution in [0.25, 0.3) is 50.1 Å². The van der Waals surface area contributed by atoms with Crippen molar-refractivity contribution in [3.05, 3.63) is 134 Å². The lowest BCUT2D eigenvalue weighted by Crippen LogP contribution is -1.96. The second kappa shape index (κ2) is 9.61. The van der Waals surface area contributed by atoms with E-state index in [2.05, 4.69) is 82.3 Å². The fourth-order valence-corrected chi connectivity index (χ4v) is 5.73. The Morgan fingerprint density at radius 2 is 1.29 bits per heavy atom. The Hall–Kier alpha value is -4.74. The molecule has 0 N–H and O–H groups in total. The summed E-state index contributed by atoms with van der Waals surface area (Å²) in [5.74, 6) is 0.702. The van der Waals surface area contributed by atoms with E-state index in [-0.39, 0.29) is 0 Å². The minimum atomic E-state index is 0.702. The Labute approximate surface area is 224 Å². The molecule has 0 aliphatic heterocycles. The minimum Gasteiger partial charge on any atom is -0.309 e. The highest BCUT2D eigenvalue weighted by molar-refractivity contribution is 7.99. The first kappa shape index (κ1) is 22.5. The van der Waals surface area contributed by atoms with Crippen LogP contribution in [-0.4, -0.2) is 19.5 Å². The molecule has 0 atom stereocenters. The summed E-state index contributed by atoms with van der Waals surface area (Å²) in [6.07, 6.45) is 3.62. The molecule has 0 aliphatic carbocycles. The van der Waals surface area contributed by atoms with Crippen LogP contribution in [0.4, 0.5) is 0 Å². The fraction of sp³-hybridized carbons (Fsp3) is 0. The number of fused-ring (bicyclic) bond motifs is 3. The molecule has 7 rings (SSSR count). The molecule has 0 saturated carbocycles. The first-order chi connectivity index (χ1) is 18.8. The van der Waals surface area contributed by atoms with Gasteiger partial charge in [-0.25, -0.2) is 9.97 Å². The van der Waals surface area contributed by atoms with E-state index in [0.717, 1.165) is 32.4 Å². The summed E-state index contributed by atoms with van der Waals surface area (Å²) in [7, 11) is 0. The van der Waals surface area contributed by atoms with Crippen LogP contribution in [0.3, 0.4) is 0 Å². The predicted molar refractivity (Wildman–Crippen MR) is 156 cm³/mol. The van der Waals surface area contributed by atoms with Crippen LogP contribution in [0.5, 0.6) is 0 Å². The number of benzene rings is 4. The van der Waals surface area contributed by atoms with Gasteiger partial charge in [0, 0.05) is 44.9 Å². The standard InChI is InChI=1S/C33H22N4S/c1-2-10-23(11-3-1)33-35-29(24-12-9-19-34-22-24)21-32(36-33)38-26-14-8-13-25(20-26)37-30-17-6-4-15-27(30)28-16-5-7-18-31(28)37/h1-22H. The molecule has 0 amide bonds. The third-order valence-electron chi connectivity index (χ3n) is 6.57. The van der Waals surface area contributed by atoms with Crippen LogP contribution in [-0.2, 0) is 0 Å². The Morgan fingerprint density at radius 1 is 0.579 bits per heavy atom. The molecule has 4 nitrogen and oxygen atoms in total. The van der Waals surface area contributed by atoms with Crippen molar-refractivity contribution in [2.75, 3.05) is 0 Å². The maximum absolute atomic E-state index is 4.94. The third kappa shape index (κ3) is 4.13. The lowest BCUT2D eigenvalue weighted by Gasteiger charge is -2.11. The van der Waals surface area contributed by atoms with Crippen molar-refractivity contribution in [1.29, 1.82) is 0 Å². The quantitative estimate of drug-likeness (QED) is 0.220. The van der Waals surface area contributed by atoms with Gasteiger partial charge in [-0.3, -0.25) is 4.98 Å². The average molecular weight is 507 g/mol. The van der Waals surface area contributed by atoms with Crippen LogP contribution in [0, 0.1) is 0 Å². The summed E-state index contributed by atoms with van der Waals surface area (Å²) in [6.45, 7) is 0. The first-order valence-corrected chi connectivity index (χ1v) is 13.3.